The molecule has 0 unspecified atom stereocenters. The number of nitrogens with one attached hydrogen (secondary N) is 2. The first kappa shape index (κ1) is 26.7. The van der Waals surface area contributed by atoms with E-state index in [0.717, 1.165) is 61.4 Å². The molecule has 2 aromatic carbocycles. The summed E-state index contributed by atoms with van der Waals surface area (Å²) in [5, 5.41) is 7.04. The second-order valence-corrected chi connectivity index (χ2v) is 11.2. The van der Waals surface area contributed by atoms with Crippen LogP contribution >= 0.6 is 23.2 Å². The van der Waals surface area contributed by atoms with Crippen molar-refractivity contribution in [3.63, 3.8) is 0 Å². The Morgan fingerprint density at radius 1 is 0.875 bits per heavy atom. The Bertz CT molecular complexity index is 1530. The Kier molecular flexibility index (Phi) is 7.25. The molecule has 40 heavy (non-hydrogen) atoms. The molecule has 2 N–H and O–H groups in total. The number of Topliss-reactive ketones (excluding diaryl/α,β-unsaturated/α-hetero) is 1. The van der Waals surface area contributed by atoms with Crippen LogP contribution in [0.25, 0.3) is 11.1 Å². The minimum Gasteiger partial charge on any atom is -0.328 e. The van der Waals surface area contributed by atoms with Gasteiger partial charge in [0.15, 0.2) is 11.6 Å². The number of halogens is 2. The van der Waals surface area contributed by atoms with Crippen LogP contribution in [0.1, 0.15) is 62.4 Å². The van der Waals surface area contributed by atoms with E-state index >= 15 is 0 Å². The van der Waals surface area contributed by atoms with E-state index in [1.165, 1.54) is 0 Å². The van der Waals surface area contributed by atoms with Crippen molar-refractivity contribution >= 4 is 40.6 Å². The molecule has 206 valence electrons. The first-order valence-electron chi connectivity index (χ1n) is 13.5. The number of imidazole rings is 2. The predicted molar refractivity (Wildman–Crippen MR) is 156 cm³/mol. The van der Waals surface area contributed by atoms with Gasteiger partial charge in [-0.05, 0) is 37.3 Å². The number of rotatable bonds is 6. The number of aromatic nitrogens is 4. The van der Waals surface area contributed by atoms with Gasteiger partial charge < -0.3 is 19.8 Å². The number of hydrogen-bond acceptors (Lipinski definition) is 5. The second-order valence-electron chi connectivity index (χ2n) is 10.4. The van der Waals surface area contributed by atoms with E-state index in [9.17, 15) is 9.59 Å². The number of fused-ring (bicyclic) bond motifs is 2. The van der Waals surface area contributed by atoms with E-state index in [0.29, 0.717) is 50.6 Å². The molecule has 2 aliphatic rings. The van der Waals surface area contributed by atoms with E-state index in [-0.39, 0.29) is 18.1 Å². The number of ketones is 1. The first-order chi connectivity index (χ1) is 19.3. The number of anilines is 1. The zero-order valence-corrected chi connectivity index (χ0v) is 24.0. The molecule has 3 heterocycles. The third-order valence-electron chi connectivity index (χ3n) is 7.92. The molecule has 10 heteroatoms. The average Bonchev–Trinajstić information content (AvgIpc) is 3.48. The molecule has 8 nitrogen and oxygen atoms in total. The van der Waals surface area contributed by atoms with Crippen LogP contribution in [0.5, 0.6) is 0 Å². The third-order valence-corrected chi connectivity index (χ3v) is 8.77. The second kappa shape index (κ2) is 10.8. The Labute approximate surface area is 242 Å². The summed E-state index contributed by atoms with van der Waals surface area (Å²) in [4.78, 5) is 35.7. The lowest BCUT2D eigenvalue weighted by molar-refractivity contribution is 0.0978. The van der Waals surface area contributed by atoms with Crippen molar-refractivity contribution in [2.45, 2.75) is 45.1 Å². The van der Waals surface area contributed by atoms with Crippen LogP contribution in [0.3, 0.4) is 0 Å². The molecule has 0 radical (unpaired) electrons. The zero-order valence-electron chi connectivity index (χ0n) is 22.5. The largest absolute Gasteiger partial charge is 0.328 e. The summed E-state index contributed by atoms with van der Waals surface area (Å²) in [6.45, 7) is 1.54. The van der Waals surface area contributed by atoms with Crippen molar-refractivity contribution in [3.8, 4) is 11.1 Å². The van der Waals surface area contributed by atoms with Crippen molar-refractivity contribution < 1.29 is 9.59 Å². The summed E-state index contributed by atoms with van der Waals surface area (Å²) in [5.41, 5.74) is 6.64. The Morgan fingerprint density at radius 3 is 2.33 bits per heavy atom. The molecule has 1 amide bonds. The highest BCUT2D eigenvalue weighted by molar-refractivity contribution is 6.39. The van der Waals surface area contributed by atoms with Gasteiger partial charge in [0.05, 0.1) is 27.1 Å². The van der Waals surface area contributed by atoms with Crippen molar-refractivity contribution in [1.82, 2.24) is 24.4 Å². The third kappa shape index (κ3) is 4.74. The van der Waals surface area contributed by atoms with Gasteiger partial charge in [-0.2, -0.15) is 0 Å². The van der Waals surface area contributed by atoms with Crippen LogP contribution in [-0.4, -0.2) is 37.3 Å². The summed E-state index contributed by atoms with van der Waals surface area (Å²) in [7, 11) is 3.77. The van der Waals surface area contributed by atoms with E-state index in [2.05, 4.69) is 20.6 Å². The van der Waals surface area contributed by atoms with Crippen molar-refractivity contribution in [1.29, 1.82) is 0 Å². The predicted octanol–water partition coefficient (Wildman–Crippen LogP) is 5.33. The quantitative estimate of drug-likeness (QED) is 0.302. The Balaban J connectivity index is 1.26. The van der Waals surface area contributed by atoms with Gasteiger partial charge >= 0.3 is 0 Å². The fraction of sp³-hybridized carbons (Fsp3) is 0.333. The number of aryl methyl sites for hydroxylation is 1. The lowest BCUT2D eigenvalue weighted by Crippen LogP contribution is -2.24. The fourth-order valence-corrected chi connectivity index (χ4v) is 6.36. The minimum absolute atomic E-state index is 0.0965. The standard InChI is InChI=1S/C30H30Cl2N6O2/c1-37-24-13-14-33-16-22(24)35-28(37)25(39)15-17-7-5-8-18(26(17)31)19-9-6-11-21(27(19)32)36-30(40)29-34-20-10-3-4-12-23(20)38(29)2/h5-9,11,33H,3-4,10,12-16H2,1-2H3,(H,36,40). The first-order valence-corrected chi connectivity index (χ1v) is 14.3. The van der Waals surface area contributed by atoms with Gasteiger partial charge in [-0.25, -0.2) is 9.97 Å². The highest BCUT2D eigenvalue weighted by Crippen LogP contribution is 2.39. The lowest BCUT2D eigenvalue weighted by atomic mass is 9.99. The van der Waals surface area contributed by atoms with Crippen LogP contribution in [0, 0.1) is 0 Å². The monoisotopic (exact) mass is 576 g/mol. The average molecular weight is 578 g/mol. The van der Waals surface area contributed by atoms with Crippen molar-refractivity contribution in [2.24, 2.45) is 14.1 Å². The molecular weight excluding hydrogens is 547 g/mol. The maximum absolute atomic E-state index is 13.3. The highest BCUT2D eigenvalue weighted by Gasteiger charge is 2.25. The summed E-state index contributed by atoms with van der Waals surface area (Å²) in [5.74, 6) is 0.405. The van der Waals surface area contributed by atoms with E-state index < -0.39 is 0 Å². The molecule has 0 spiro atoms. The van der Waals surface area contributed by atoms with Crippen LogP contribution in [0.4, 0.5) is 5.69 Å². The van der Waals surface area contributed by atoms with Gasteiger partial charge in [-0.15, -0.1) is 0 Å². The minimum atomic E-state index is -0.311. The molecule has 0 bridgehead atoms. The lowest BCUT2D eigenvalue weighted by Gasteiger charge is -2.14. The maximum atomic E-state index is 13.3. The molecule has 6 rings (SSSR count). The molecule has 4 aromatic rings. The maximum Gasteiger partial charge on any atom is 0.291 e. The number of carbonyl (C=O) groups excluding carboxylic acids is 2. The van der Waals surface area contributed by atoms with E-state index in [1.807, 2.05) is 53.6 Å². The molecule has 1 aliphatic heterocycles. The number of carbonyl (C=O) groups is 2. The molecule has 0 atom stereocenters. The summed E-state index contributed by atoms with van der Waals surface area (Å²) in [6.07, 6.45) is 4.97. The Morgan fingerprint density at radius 2 is 1.55 bits per heavy atom. The smallest absolute Gasteiger partial charge is 0.291 e. The molecule has 0 saturated heterocycles. The van der Waals surface area contributed by atoms with Crippen LogP contribution in [0.15, 0.2) is 36.4 Å². The van der Waals surface area contributed by atoms with Gasteiger partial charge in [0.25, 0.3) is 5.91 Å². The summed E-state index contributed by atoms with van der Waals surface area (Å²) < 4.78 is 3.78. The molecule has 0 fully saturated rings. The van der Waals surface area contributed by atoms with Crippen LogP contribution in [-0.2, 0) is 46.3 Å². The number of benzene rings is 2. The van der Waals surface area contributed by atoms with Crippen molar-refractivity contribution in [2.75, 3.05) is 11.9 Å². The highest BCUT2D eigenvalue weighted by atomic mass is 35.5. The summed E-state index contributed by atoms with van der Waals surface area (Å²) in [6, 6.07) is 11.0. The van der Waals surface area contributed by atoms with Gasteiger partial charge in [0, 0.05) is 62.5 Å². The van der Waals surface area contributed by atoms with Crippen LogP contribution in [0.2, 0.25) is 10.0 Å². The van der Waals surface area contributed by atoms with E-state index in [4.69, 9.17) is 23.2 Å². The topological polar surface area (TPSA) is 93.8 Å². The number of amides is 1. The molecule has 1 aliphatic carbocycles. The van der Waals surface area contributed by atoms with Gasteiger partial charge in [0.1, 0.15) is 0 Å². The zero-order chi connectivity index (χ0) is 28.0. The van der Waals surface area contributed by atoms with Gasteiger partial charge in [0.2, 0.25) is 5.78 Å². The number of hydrogen-bond donors (Lipinski definition) is 2. The normalized spacial score (nSPS) is 14.5. The summed E-state index contributed by atoms with van der Waals surface area (Å²) >= 11 is 13.7. The number of nitrogens with zero attached hydrogens (tertiary/aromatic N) is 4. The fourth-order valence-electron chi connectivity index (χ4n) is 5.79. The van der Waals surface area contributed by atoms with Crippen LogP contribution < -0.4 is 10.6 Å². The van der Waals surface area contributed by atoms with Gasteiger partial charge in [-0.1, -0.05) is 53.5 Å². The molecular formula is C30H30Cl2N6O2. The Hall–Kier alpha value is -3.46. The van der Waals surface area contributed by atoms with Gasteiger partial charge in [-0.3, -0.25) is 9.59 Å². The van der Waals surface area contributed by atoms with Crippen molar-refractivity contribution in [3.05, 3.63) is 86.4 Å². The van der Waals surface area contributed by atoms with E-state index in [1.54, 1.807) is 6.07 Å². The molecule has 2 aromatic heterocycles. The molecule has 0 saturated carbocycles. The SMILES string of the molecule is Cn1c(C(=O)Cc2cccc(-c3cccc(NC(=O)c4nc5c(n4C)CCCC5)c3Cl)c2Cl)nc2c1CCNC2.